The Hall–Kier alpha value is -2.10. The van der Waals surface area contributed by atoms with Crippen LogP contribution in [-0.4, -0.2) is 20.9 Å². The first kappa shape index (κ1) is 10.1. The van der Waals surface area contributed by atoms with E-state index in [2.05, 4.69) is 11.2 Å². The van der Waals surface area contributed by atoms with Crippen molar-refractivity contribution in [3.8, 4) is 11.3 Å². The van der Waals surface area contributed by atoms with Crippen LogP contribution in [0.25, 0.3) is 11.3 Å². The van der Waals surface area contributed by atoms with Gasteiger partial charge in [0.15, 0.2) is 5.69 Å². The molecule has 1 N–H and O–H groups in total. The second-order valence-corrected chi connectivity index (χ2v) is 4.26. The van der Waals surface area contributed by atoms with Crippen molar-refractivity contribution in [3.63, 3.8) is 0 Å². The molecule has 1 aliphatic rings. The van der Waals surface area contributed by atoms with Gasteiger partial charge in [-0.25, -0.2) is 4.79 Å². The van der Waals surface area contributed by atoms with E-state index < -0.39 is 5.97 Å². The third kappa shape index (κ3) is 1.37. The number of carboxylic acid groups (broad SMARTS) is 1. The zero-order valence-corrected chi connectivity index (χ0v) is 9.47. The highest BCUT2D eigenvalue weighted by molar-refractivity contribution is 5.90. The Labute approximate surface area is 98.5 Å². The molecule has 0 saturated carbocycles. The molecule has 1 heterocycles. The predicted molar refractivity (Wildman–Crippen MR) is 63.0 cm³/mol. The highest BCUT2D eigenvalue weighted by atomic mass is 16.4. The summed E-state index contributed by atoms with van der Waals surface area (Å²) in [6, 6.07) is 8.10. The van der Waals surface area contributed by atoms with Crippen LogP contribution in [0.1, 0.15) is 21.6 Å². The first-order chi connectivity index (χ1) is 8.18. The van der Waals surface area contributed by atoms with Gasteiger partial charge in [-0.3, -0.25) is 4.68 Å². The lowest BCUT2D eigenvalue weighted by atomic mass is 9.89. The number of aromatic nitrogens is 2. The van der Waals surface area contributed by atoms with Crippen molar-refractivity contribution >= 4 is 5.97 Å². The lowest BCUT2D eigenvalue weighted by molar-refractivity contribution is 0.0688. The zero-order valence-electron chi connectivity index (χ0n) is 9.47. The average Bonchev–Trinajstić information content (AvgIpc) is 2.67. The summed E-state index contributed by atoms with van der Waals surface area (Å²) in [4.78, 5) is 11.1. The first-order valence-electron chi connectivity index (χ1n) is 5.56. The van der Waals surface area contributed by atoms with Crippen molar-refractivity contribution in [1.29, 1.82) is 0 Å². The highest BCUT2D eigenvalue weighted by Gasteiger charge is 2.26. The lowest BCUT2D eigenvalue weighted by Crippen LogP contribution is -2.07. The maximum Gasteiger partial charge on any atom is 0.356 e. The van der Waals surface area contributed by atoms with Gasteiger partial charge in [0.25, 0.3) is 0 Å². The average molecular weight is 228 g/mol. The molecule has 86 valence electrons. The molecule has 0 saturated heterocycles. The summed E-state index contributed by atoms with van der Waals surface area (Å²) in [6.07, 6.45) is 1.64. The number of nitrogens with zero attached hydrogens (tertiary/aromatic N) is 2. The molecule has 1 aromatic carbocycles. The second kappa shape index (κ2) is 3.45. The number of rotatable bonds is 1. The minimum absolute atomic E-state index is 0.192. The molecule has 0 radical (unpaired) electrons. The number of benzene rings is 1. The molecule has 0 amide bonds. The fraction of sp³-hybridized carbons (Fsp3) is 0.231. The molecule has 4 heteroatoms. The summed E-state index contributed by atoms with van der Waals surface area (Å²) in [7, 11) is 1.80. The van der Waals surface area contributed by atoms with Crippen LogP contribution in [0, 0.1) is 0 Å². The SMILES string of the molecule is Cn1nc(C(=O)O)c2c1-c1ccccc1CC2. The topological polar surface area (TPSA) is 55.1 Å². The minimum Gasteiger partial charge on any atom is -0.476 e. The Bertz CT molecular complexity index is 614. The smallest absolute Gasteiger partial charge is 0.356 e. The minimum atomic E-state index is -0.943. The summed E-state index contributed by atoms with van der Waals surface area (Å²) in [6.45, 7) is 0. The molecule has 17 heavy (non-hydrogen) atoms. The van der Waals surface area contributed by atoms with E-state index in [1.54, 1.807) is 11.7 Å². The lowest BCUT2D eigenvalue weighted by Gasteiger charge is -2.17. The van der Waals surface area contributed by atoms with E-state index in [9.17, 15) is 4.79 Å². The molecule has 0 atom stereocenters. The van der Waals surface area contributed by atoms with E-state index in [0.29, 0.717) is 0 Å². The van der Waals surface area contributed by atoms with Gasteiger partial charge in [-0.1, -0.05) is 24.3 Å². The Morgan fingerprint density at radius 3 is 2.88 bits per heavy atom. The number of fused-ring (bicyclic) bond motifs is 3. The van der Waals surface area contributed by atoms with Gasteiger partial charge in [0, 0.05) is 18.2 Å². The van der Waals surface area contributed by atoms with Crippen molar-refractivity contribution in [1.82, 2.24) is 9.78 Å². The normalized spacial score (nSPS) is 13.0. The first-order valence-corrected chi connectivity index (χ1v) is 5.56. The van der Waals surface area contributed by atoms with Crippen LogP contribution in [0.15, 0.2) is 24.3 Å². The summed E-state index contributed by atoms with van der Waals surface area (Å²) in [5.74, 6) is -0.943. The highest BCUT2D eigenvalue weighted by Crippen LogP contribution is 2.34. The van der Waals surface area contributed by atoms with Crippen LogP contribution in [0.5, 0.6) is 0 Å². The van der Waals surface area contributed by atoms with Crippen LogP contribution in [-0.2, 0) is 19.9 Å². The van der Waals surface area contributed by atoms with E-state index in [-0.39, 0.29) is 5.69 Å². The number of aromatic carboxylic acids is 1. The third-order valence-electron chi connectivity index (χ3n) is 3.26. The number of hydrogen-bond acceptors (Lipinski definition) is 2. The Kier molecular flexibility index (Phi) is 2.04. The molecule has 0 bridgehead atoms. The Balaban J connectivity index is 2.30. The summed E-state index contributed by atoms with van der Waals surface area (Å²) < 4.78 is 1.68. The fourth-order valence-corrected chi connectivity index (χ4v) is 2.54. The van der Waals surface area contributed by atoms with Crippen LogP contribution in [0.4, 0.5) is 0 Å². The fourth-order valence-electron chi connectivity index (χ4n) is 2.54. The molecule has 1 aliphatic carbocycles. The molecular formula is C13H12N2O2. The quantitative estimate of drug-likeness (QED) is 0.810. The van der Waals surface area contributed by atoms with Crippen LogP contribution < -0.4 is 0 Å². The van der Waals surface area contributed by atoms with Crippen molar-refractivity contribution in [2.45, 2.75) is 12.8 Å². The Morgan fingerprint density at radius 1 is 1.35 bits per heavy atom. The van der Waals surface area contributed by atoms with Crippen LogP contribution in [0.3, 0.4) is 0 Å². The van der Waals surface area contributed by atoms with Crippen molar-refractivity contribution < 1.29 is 9.90 Å². The molecule has 0 aliphatic heterocycles. The molecule has 0 spiro atoms. The van der Waals surface area contributed by atoms with E-state index in [1.807, 2.05) is 18.2 Å². The molecule has 0 fully saturated rings. The third-order valence-corrected chi connectivity index (χ3v) is 3.26. The van der Waals surface area contributed by atoms with Crippen LogP contribution >= 0.6 is 0 Å². The van der Waals surface area contributed by atoms with Gasteiger partial charge in [0.1, 0.15) is 0 Å². The number of aryl methyl sites for hydroxylation is 2. The maximum atomic E-state index is 11.1. The maximum absolute atomic E-state index is 11.1. The van der Waals surface area contributed by atoms with Gasteiger partial charge in [-0.05, 0) is 18.4 Å². The van der Waals surface area contributed by atoms with E-state index >= 15 is 0 Å². The van der Waals surface area contributed by atoms with Gasteiger partial charge in [-0.2, -0.15) is 5.10 Å². The summed E-state index contributed by atoms with van der Waals surface area (Å²) in [5.41, 5.74) is 4.37. The molecule has 2 aromatic rings. The number of carbonyl (C=O) groups is 1. The van der Waals surface area contributed by atoms with E-state index in [1.165, 1.54) is 5.56 Å². The van der Waals surface area contributed by atoms with Crippen molar-refractivity contribution in [3.05, 3.63) is 41.1 Å². The molecule has 4 nitrogen and oxygen atoms in total. The van der Waals surface area contributed by atoms with Crippen molar-refractivity contribution in [2.24, 2.45) is 7.05 Å². The summed E-state index contributed by atoms with van der Waals surface area (Å²) in [5, 5.41) is 13.2. The van der Waals surface area contributed by atoms with Crippen molar-refractivity contribution in [2.75, 3.05) is 0 Å². The number of carboxylic acids is 1. The zero-order chi connectivity index (χ0) is 12.0. The number of hydrogen-bond donors (Lipinski definition) is 1. The van der Waals surface area contributed by atoms with E-state index in [0.717, 1.165) is 29.7 Å². The second-order valence-electron chi connectivity index (χ2n) is 4.26. The van der Waals surface area contributed by atoms with Gasteiger partial charge < -0.3 is 5.11 Å². The monoisotopic (exact) mass is 228 g/mol. The summed E-state index contributed by atoms with van der Waals surface area (Å²) >= 11 is 0. The predicted octanol–water partition coefficient (Wildman–Crippen LogP) is 1.88. The van der Waals surface area contributed by atoms with Gasteiger partial charge in [0.2, 0.25) is 0 Å². The Morgan fingerprint density at radius 2 is 2.12 bits per heavy atom. The molecule has 0 unspecified atom stereocenters. The van der Waals surface area contributed by atoms with Gasteiger partial charge >= 0.3 is 5.97 Å². The van der Waals surface area contributed by atoms with Gasteiger partial charge in [0.05, 0.1) is 5.69 Å². The molecule has 1 aromatic heterocycles. The van der Waals surface area contributed by atoms with Crippen LogP contribution in [0.2, 0.25) is 0 Å². The standard InChI is InChI=1S/C13H12N2O2/c1-15-12-9-5-3-2-4-8(9)6-7-10(12)11(14-15)13(16)17/h2-5H,6-7H2,1H3,(H,16,17). The molecular weight excluding hydrogens is 216 g/mol. The van der Waals surface area contributed by atoms with E-state index in [4.69, 9.17) is 5.11 Å². The van der Waals surface area contributed by atoms with Gasteiger partial charge in [-0.15, -0.1) is 0 Å². The molecule has 3 rings (SSSR count). The largest absolute Gasteiger partial charge is 0.476 e.